The third kappa shape index (κ3) is 5.46. The molecule has 5 nitrogen and oxygen atoms in total. The summed E-state index contributed by atoms with van der Waals surface area (Å²) in [6, 6.07) is 22.5. The number of hydrogen-bond acceptors (Lipinski definition) is 3. The lowest BCUT2D eigenvalue weighted by Crippen LogP contribution is -2.25. The molecule has 0 heterocycles. The molecule has 0 radical (unpaired) electrons. The van der Waals surface area contributed by atoms with Crippen molar-refractivity contribution < 1.29 is 14.4 Å². The molecule has 0 fully saturated rings. The smallest absolute Gasteiger partial charge is 0.253 e. The van der Waals surface area contributed by atoms with E-state index >= 15 is 0 Å². The van der Waals surface area contributed by atoms with Gasteiger partial charge in [0.15, 0.2) is 5.78 Å². The zero-order chi connectivity index (χ0) is 22.2. The molecule has 31 heavy (non-hydrogen) atoms. The van der Waals surface area contributed by atoms with Crippen LogP contribution in [0.5, 0.6) is 0 Å². The fraction of sp³-hybridized carbons (Fsp3) is 0.115. The molecule has 154 valence electrons. The highest BCUT2D eigenvalue weighted by Crippen LogP contribution is 2.14. The molecule has 3 rings (SSSR count). The molecule has 0 saturated carbocycles. The highest BCUT2D eigenvalue weighted by atomic mass is 16.2. The Kier molecular flexibility index (Phi) is 6.97. The fourth-order valence-corrected chi connectivity index (χ4v) is 2.94. The first-order chi connectivity index (χ1) is 15.0. The molecule has 2 amide bonds. The Bertz CT molecular complexity index is 1150. The number of nitrogens with zero attached hydrogens (tertiary/aromatic N) is 1. The maximum Gasteiger partial charge on any atom is 0.253 e. The molecule has 0 saturated heterocycles. The number of carbonyl (C=O) groups excluding carboxylic acids is 3. The van der Waals surface area contributed by atoms with Gasteiger partial charge in [0.2, 0.25) is 0 Å². The van der Waals surface area contributed by atoms with Gasteiger partial charge in [0.1, 0.15) is 0 Å². The molecule has 0 atom stereocenters. The van der Waals surface area contributed by atoms with Crippen LogP contribution in [-0.4, -0.2) is 43.1 Å². The number of benzene rings is 3. The minimum Gasteiger partial charge on any atom is -0.345 e. The first-order valence-corrected chi connectivity index (χ1v) is 9.75. The topological polar surface area (TPSA) is 66.5 Å². The van der Waals surface area contributed by atoms with Crippen molar-refractivity contribution in [1.82, 2.24) is 10.2 Å². The second-order valence-electron chi connectivity index (χ2n) is 7.00. The van der Waals surface area contributed by atoms with Crippen LogP contribution >= 0.6 is 0 Å². The minimum atomic E-state index is -0.360. The molecular formula is C26H22N2O3. The van der Waals surface area contributed by atoms with Crippen LogP contribution in [-0.2, 0) is 0 Å². The molecule has 3 aromatic rings. The van der Waals surface area contributed by atoms with Crippen molar-refractivity contribution in [2.24, 2.45) is 0 Å². The average molecular weight is 410 g/mol. The van der Waals surface area contributed by atoms with Crippen molar-refractivity contribution >= 4 is 17.6 Å². The highest BCUT2D eigenvalue weighted by Gasteiger charge is 2.17. The number of nitrogens with one attached hydrogen (secondary N) is 1. The monoisotopic (exact) mass is 410 g/mol. The van der Waals surface area contributed by atoms with Gasteiger partial charge >= 0.3 is 0 Å². The molecule has 0 aliphatic heterocycles. The van der Waals surface area contributed by atoms with E-state index in [4.69, 9.17) is 0 Å². The van der Waals surface area contributed by atoms with Gasteiger partial charge in [0, 0.05) is 36.3 Å². The van der Waals surface area contributed by atoms with E-state index in [-0.39, 0.29) is 24.1 Å². The predicted molar refractivity (Wildman–Crippen MR) is 120 cm³/mol. The van der Waals surface area contributed by atoms with E-state index in [2.05, 4.69) is 17.2 Å². The van der Waals surface area contributed by atoms with Gasteiger partial charge < -0.3 is 10.2 Å². The summed E-state index contributed by atoms with van der Waals surface area (Å²) in [5, 5.41) is 2.73. The van der Waals surface area contributed by atoms with Crippen LogP contribution in [0.15, 0.2) is 78.9 Å². The molecule has 0 unspecified atom stereocenters. The first-order valence-electron chi connectivity index (χ1n) is 9.75. The van der Waals surface area contributed by atoms with Crippen LogP contribution in [0.3, 0.4) is 0 Å². The molecule has 0 aromatic heterocycles. The van der Waals surface area contributed by atoms with E-state index in [1.165, 1.54) is 4.90 Å². The Morgan fingerprint density at radius 3 is 2.03 bits per heavy atom. The Labute approximate surface area is 181 Å². The van der Waals surface area contributed by atoms with Crippen molar-refractivity contribution in [2.45, 2.75) is 0 Å². The molecule has 0 aliphatic rings. The summed E-state index contributed by atoms with van der Waals surface area (Å²) in [5.41, 5.74) is 2.51. The molecular weight excluding hydrogens is 388 g/mol. The lowest BCUT2D eigenvalue weighted by molar-refractivity contribution is 0.0827. The Morgan fingerprint density at radius 1 is 0.774 bits per heavy atom. The van der Waals surface area contributed by atoms with E-state index < -0.39 is 0 Å². The van der Waals surface area contributed by atoms with Gasteiger partial charge in [-0.1, -0.05) is 60.4 Å². The summed E-state index contributed by atoms with van der Waals surface area (Å²) < 4.78 is 0. The van der Waals surface area contributed by atoms with Crippen molar-refractivity contribution in [2.75, 3.05) is 20.6 Å². The largest absolute Gasteiger partial charge is 0.345 e. The van der Waals surface area contributed by atoms with Crippen LogP contribution in [0.1, 0.15) is 42.2 Å². The summed E-state index contributed by atoms with van der Waals surface area (Å²) in [5.74, 6) is 5.21. The van der Waals surface area contributed by atoms with Gasteiger partial charge in [0.25, 0.3) is 11.8 Å². The van der Waals surface area contributed by atoms with E-state index in [1.807, 2.05) is 6.07 Å². The lowest BCUT2D eigenvalue weighted by atomic mass is 9.98. The maximum atomic E-state index is 12.8. The average Bonchev–Trinajstić information content (AvgIpc) is 2.81. The summed E-state index contributed by atoms with van der Waals surface area (Å²) >= 11 is 0. The van der Waals surface area contributed by atoms with Gasteiger partial charge in [-0.3, -0.25) is 14.4 Å². The Balaban J connectivity index is 1.65. The van der Waals surface area contributed by atoms with E-state index in [0.717, 1.165) is 5.56 Å². The van der Waals surface area contributed by atoms with Gasteiger partial charge in [-0.15, -0.1) is 0 Å². The third-order valence-electron chi connectivity index (χ3n) is 4.56. The second kappa shape index (κ2) is 10.0. The highest BCUT2D eigenvalue weighted by molar-refractivity contribution is 6.15. The lowest BCUT2D eigenvalue weighted by Gasteiger charge is -2.09. The van der Waals surface area contributed by atoms with E-state index in [1.54, 1.807) is 86.9 Å². The van der Waals surface area contributed by atoms with Gasteiger partial charge in [-0.25, -0.2) is 0 Å². The van der Waals surface area contributed by atoms with Gasteiger partial charge in [-0.2, -0.15) is 0 Å². The number of hydrogen-bond donors (Lipinski definition) is 1. The SMILES string of the molecule is CN(C)C(=O)c1ccc(C#CCNC(=O)c2ccccc2C(=O)c2ccccc2)cc1. The standard InChI is InChI=1S/C26H22N2O3/c1-28(2)26(31)21-16-14-19(15-17-21)9-8-18-27-25(30)23-13-7-6-12-22(23)24(29)20-10-4-3-5-11-20/h3-7,10-17H,18H2,1-2H3,(H,27,30). The number of rotatable bonds is 5. The second-order valence-corrected chi connectivity index (χ2v) is 7.00. The zero-order valence-electron chi connectivity index (χ0n) is 17.4. The van der Waals surface area contributed by atoms with Crippen LogP contribution in [0, 0.1) is 11.8 Å². The Morgan fingerprint density at radius 2 is 1.39 bits per heavy atom. The number of carbonyl (C=O) groups is 3. The molecule has 0 bridgehead atoms. The summed E-state index contributed by atoms with van der Waals surface area (Å²) in [6.45, 7) is 0.130. The van der Waals surface area contributed by atoms with E-state index in [9.17, 15) is 14.4 Å². The molecule has 3 aromatic carbocycles. The van der Waals surface area contributed by atoms with Gasteiger partial charge in [-0.05, 0) is 30.3 Å². The van der Waals surface area contributed by atoms with Crippen LogP contribution in [0.2, 0.25) is 0 Å². The normalized spacial score (nSPS) is 9.87. The molecule has 0 aliphatic carbocycles. The number of ketones is 1. The first kappa shape index (κ1) is 21.5. The van der Waals surface area contributed by atoms with Crippen molar-refractivity contribution in [3.05, 3.63) is 107 Å². The van der Waals surface area contributed by atoms with Crippen LogP contribution < -0.4 is 5.32 Å². The maximum absolute atomic E-state index is 12.8. The van der Waals surface area contributed by atoms with Crippen LogP contribution in [0.25, 0.3) is 0 Å². The quantitative estimate of drug-likeness (QED) is 0.518. The van der Waals surface area contributed by atoms with Crippen molar-refractivity contribution in [3.63, 3.8) is 0 Å². The van der Waals surface area contributed by atoms with Crippen LogP contribution in [0.4, 0.5) is 0 Å². The summed E-state index contributed by atoms with van der Waals surface area (Å²) in [7, 11) is 3.40. The minimum absolute atomic E-state index is 0.0736. The summed E-state index contributed by atoms with van der Waals surface area (Å²) in [4.78, 5) is 38.8. The molecule has 0 spiro atoms. The van der Waals surface area contributed by atoms with Gasteiger partial charge in [0.05, 0.1) is 12.1 Å². The Hall–Kier alpha value is -4.17. The predicted octanol–water partition coefficient (Wildman–Crippen LogP) is 3.40. The van der Waals surface area contributed by atoms with E-state index in [0.29, 0.717) is 22.3 Å². The zero-order valence-corrected chi connectivity index (χ0v) is 17.4. The fourth-order valence-electron chi connectivity index (χ4n) is 2.94. The summed E-state index contributed by atoms with van der Waals surface area (Å²) in [6.07, 6.45) is 0. The molecule has 5 heteroatoms. The van der Waals surface area contributed by atoms with Crippen molar-refractivity contribution in [3.8, 4) is 11.8 Å². The molecule has 1 N–H and O–H groups in total. The van der Waals surface area contributed by atoms with Crippen molar-refractivity contribution in [1.29, 1.82) is 0 Å². The number of amides is 2. The third-order valence-corrected chi connectivity index (χ3v) is 4.56.